The van der Waals surface area contributed by atoms with Gasteiger partial charge in [0.2, 0.25) is 0 Å². The van der Waals surface area contributed by atoms with Gasteiger partial charge in [-0.1, -0.05) is 41.1 Å². The van der Waals surface area contributed by atoms with Crippen molar-refractivity contribution >= 4 is 16.1 Å². The van der Waals surface area contributed by atoms with Crippen LogP contribution in [0.1, 0.15) is 37.0 Å². The maximum absolute atomic E-state index is 12.0. The first-order valence-corrected chi connectivity index (χ1v) is 8.50. The van der Waals surface area contributed by atoms with Crippen LogP contribution in [0.5, 0.6) is 0 Å². The molecule has 0 saturated heterocycles. The zero-order valence-electron chi connectivity index (χ0n) is 12.5. The third kappa shape index (κ3) is 5.72. The summed E-state index contributed by atoms with van der Waals surface area (Å²) < 4.78 is 28.3. The second-order valence-electron chi connectivity index (χ2n) is 4.91. The fourth-order valence-corrected chi connectivity index (χ4v) is 2.49. The minimum atomic E-state index is -4.09. The smallest absolute Gasteiger partial charge is 0.330 e. The van der Waals surface area contributed by atoms with Crippen LogP contribution >= 0.6 is 0 Å². The van der Waals surface area contributed by atoms with Crippen LogP contribution in [0.2, 0.25) is 0 Å². The van der Waals surface area contributed by atoms with Gasteiger partial charge in [0.15, 0.2) is 0 Å². The average molecular weight is 330 g/mol. The number of hydrogen-bond donors (Lipinski definition) is 2. The van der Waals surface area contributed by atoms with Gasteiger partial charge in [0.1, 0.15) is 11.3 Å². The van der Waals surface area contributed by atoms with Crippen LogP contribution in [0.3, 0.4) is 0 Å². The van der Waals surface area contributed by atoms with E-state index in [0.29, 0.717) is 24.9 Å². The van der Waals surface area contributed by atoms with Crippen molar-refractivity contribution in [2.24, 2.45) is 11.5 Å². The third-order valence-electron chi connectivity index (χ3n) is 3.18. The highest BCUT2D eigenvalue weighted by molar-refractivity contribution is 7.86. The highest BCUT2D eigenvalue weighted by Gasteiger charge is 2.27. The van der Waals surface area contributed by atoms with Gasteiger partial charge in [-0.15, -0.1) is 0 Å². The molecule has 0 aliphatic rings. The maximum atomic E-state index is 12.0. The maximum Gasteiger partial charge on any atom is 0.360 e. The van der Waals surface area contributed by atoms with E-state index >= 15 is 0 Å². The van der Waals surface area contributed by atoms with E-state index in [1.165, 1.54) is 6.92 Å². The van der Waals surface area contributed by atoms with E-state index in [9.17, 15) is 13.2 Å². The molecule has 2 atom stereocenters. The predicted molar refractivity (Wildman–Crippen MR) is 81.8 cm³/mol. The van der Waals surface area contributed by atoms with Crippen LogP contribution in [0.4, 0.5) is 0 Å². The van der Waals surface area contributed by atoms with Crippen molar-refractivity contribution in [3.05, 3.63) is 35.9 Å². The molecule has 1 rings (SSSR count). The molecule has 0 amide bonds. The molecule has 22 heavy (non-hydrogen) atoms. The Morgan fingerprint density at radius 2 is 1.86 bits per heavy atom. The molecule has 1 aromatic carbocycles. The second-order valence-corrected chi connectivity index (χ2v) is 6.74. The summed E-state index contributed by atoms with van der Waals surface area (Å²) in [5, 5.41) is -0.963. The van der Waals surface area contributed by atoms with Crippen molar-refractivity contribution in [1.29, 1.82) is 0 Å². The van der Waals surface area contributed by atoms with Gasteiger partial charge in [-0.3, -0.25) is 4.89 Å². The van der Waals surface area contributed by atoms with Gasteiger partial charge in [-0.25, -0.2) is 4.79 Å². The van der Waals surface area contributed by atoms with E-state index in [2.05, 4.69) is 9.22 Å². The summed E-state index contributed by atoms with van der Waals surface area (Å²) in [5.41, 5.74) is 11.5. The molecular weight excluding hydrogens is 308 g/mol. The fraction of sp³-hybridized carbons (Fsp3) is 0.500. The van der Waals surface area contributed by atoms with Crippen molar-refractivity contribution in [2.75, 3.05) is 6.54 Å². The summed E-state index contributed by atoms with van der Waals surface area (Å²) in [6.07, 6.45) is 1.73. The van der Waals surface area contributed by atoms with Crippen LogP contribution in [0, 0.1) is 0 Å². The van der Waals surface area contributed by atoms with Gasteiger partial charge in [-0.05, 0) is 31.9 Å². The van der Waals surface area contributed by atoms with Crippen LogP contribution in [0.25, 0.3) is 0 Å². The molecule has 124 valence electrons. The lowest BCUT2D eigenvalue weighted by molar-refractivity contribution is -0.213. The fourth-order valence-electron chi connectivity index (χ4n) is 1.72. The molecule has 0 fully saturated rings. The summed E-state index contributed by atoms with van der Waals surface area (Å²) in [7, 11) is -4.09. The molecule has 7 nitrogen and oxygen atoms in total. The van der Waals surface area contributed by atoms with Crippen molar-refractivity contribution in [3.63, 3.8) is 0 Å². The summed E-state index contributed by atoms with van der Waals surface area (Å²) >= 11 is 0. The molecule has 4 N–H and O–H groups in total. The summed E-state index contributed by atoms with van der Waals surface area (Å²) in [6, 6.07) is 7.54. The number of rotatable bonds is 9. The Morgan fingerprint density at radius 1 is 1.23 bits per heavy atom. The lowest BCUT2D eigenvalue weighted by atomic mass is 10.1. The molecule has 8 heteroatoms. The number of benzene rings is 1. The highest BCUT2D eigenvalue weighted by Crippen LogP contribution is 2.23. The Labute approximate surface area is 130 Å². The van der Waals surface area contributed by atoms with E-state index in [0.717, 1.165) is 6.42 Å². The Bertz CT molecular complexity index is 562. The van der Waals surface area contributed by atoms with Crippen molar-refractivity contribution in [1.82, 2.24) is 0 Å². The molecule has 1 aromatic rings. The van der Waals surface area contributed by atoms with Crippen LogP contribution in [0.15, 0.2) is 30.3 Å². The normalized spacial score (nSPS) is 14.3. The lowest BCUT2D eigenvalue weighted by Crippen LogP contribution is -2.33. The Hall–Kier alpha value is -1.48. The van der Waals surface area contributed by atoms with E-state index in [-0.39, 0.29) is 0 Å². The van der Waals surface area contributed by atoms with E-state index in [1.807, 2.05) is 0 Å². The molecule has 0 saturated carbocycles. The minimum absolute atomic E-state index is 0.355. The molecule has 0 aliphatic heterocycles. The largest absolute Gasteiger partial charge is 0.360 e. The monoisotopic (exact) mass is 330 g/mol. The number of carbonyl (C=O) groups is 1. The third-order valence-corrected chi connectivity index (χ3v) is 4.58. The van der Waals surface area contributed by atoms with E-state index in [1.54, 1.807) is 30.3 Å². The Morgan fingerprint density at radius 3 is 2.45 bits per heavy atom. The van der Waals surface area contributed by atoms with E-state index in [4.69, 9.17) is 11.5 Å². The topological polar surface area (TPSA) is 122 Å². The first-order valence-electron chi connectivity index (χ1n) is 7.03. The van der Waals surface area contributed by atoms with Gasteiger partial charge >= 0.3 is 16.1 Å². The molecule has 0 heterocycles. The van der Waals surface area contributed by atoms with Gasteiger partial charge in [0.05, 0.1) is 0 Å². The first-order chi connectivity index (χ1) is 10.4. The SMILES string of the molecule is CC(c1ccccc1)S(=O)(=O)OOC(=O)[C@@H](N)CCCCN. The van der Waals surface area contributed by atoms with Crippen molar-refractivity contribution in [2.45, 2.75) is 37.5 Å². The zero-order valence-corrected chi connectivity index (χ0v) is 13.3. The van der Waals surface area contributed by atoms with Crippen LogP contribution < -0.4 is 11.5 Å². The molecule has 1 unspecified atom stereocenters. The summed E-state index contributed by atoms with van der Waals surface area (Å²) in [4.78, 5) is 15.9. The standard InChI is InChI=1S/C14H22N2O5S/c1-11(12-7-3-2-4-8-12)22(18,19)21-20-14(17)13(16)9-5-6-10-15/h2-4,7-8,11,13H,5-6,9-10,15-16H2,1H3/t11?,13-/m0/s1. The second kappa shape index (κ2) is 8.84. The predicted octanol–water partition coefficient (Wildman–Crippen LogP) is 1.01. The van der Waals surface area contributed by atoms with Gasteiger partial charge in [0.25, 0.3) is 0 Å². The average Bonchev–Trinajstić information content (AvgIpc) is 2.52. The molecule has 0 aromatic heterocycles. The van der Waals surface area contributed by atoms with Crippen molar-refractivity contribution < 1.29 is 22.4 Å². The van der Waals surface area contributed by atoms with Crippen molar-refractivity contribution in [3.8, 4) is 0 Å². The highest BCUT2D eigenvalue weighted by atomic mass is 32.2. The summed E-state index contributed by atoms with van der Waals surface area (Å²) in [6.45, 7) is 1.95. The Kier molecular flexibility index (Phi) is 7.46. The van der Waals surface area contributed by atoms with Crippen LogP contribution in [-0.2, 0) is 24.1 Å². The quantitative estimate of drug-likeness (QED) is 0.393. The van der Waals surface area contributed by atoms with Gasteiger partial charge < -0.3 is 11.5 Å². The lowest BCUT2D eigenvalue weighted by Gasteiger charge is -2.13. The number of carbonyl (C=O) groups excluding carboxylic acids is 1. The molecule has 0 spiro atoms. The van der Waals surface area contributed by atoms with E-state index < -0.39 is 27.4 Å². The molecule has 0 radical (unpaired) electrons. The molecule has 0 aliphatic carbocycles. The van der Waals surface area contributed by atoms with Gasteiger partial charge in [0, 0.05) is 0 Å². The number of unbranched alkanes of at least 4 members (excludes halogenated alkanes) is 1. The molecule has 0 bridgehead atoms. The van der Waals surface area contributed by atoms with Crippen LogP contribution in [-0.4, -0.2) is 27.0 Å². The molecular formula is C14H22N2O5S. The summed E-state index contributed by atoms with van der Waals surface area (Å²) in [5.74, 6) is -0.916. The number of nitrogens with two attached hydrogens (primary N) is 2. The van der Waals surface area contributed by atoms with Gasteiger partial charge in [-0.2, -0.15) is 8.42 Å². The Balaban J connectivity index is 2.53. The first kappa shape index (κ1) is 18.6. The minimum Gasteiger partial charge on any atom is -0.330 e. The number of hydrogen-bond acceptors (Lipinski definition) is 7. The zero-order chi connectivity index (χ0) is 16.6.